The average Bonchev–Trinajstić information content (AvgIpc) is 2.30. The van der Waals surface area contributed by atoms with Crippen molar-refractivity contribution in [2.45, 2.75) is 25.9 Å². The van der Waals surface area contributed by atoms with E-state index in [4.69, 9.17) is 15.7 Å². The zero-order valence-corrected chi connectivity index (χ0v) is 10.3. The van der Waals surface area contributed by atoms with Crippen LogP contribution in [0.4, 0.5) is 13.2 Å². The highest BCUT2D eigenvalue weighted by Gasteiger charge is 2.42. The summed E-state index contributed by atoms with van der Waals surface area (Å²) in [5, 5.41) is 13.3. The summed E-state index contributed by atoms with van der Waals surface area (Å²) >= 11 is 0. The molecule has 5 nitrogen and oxygen atoms in total. The van der Waals surface area contributed by atoms with Crippen molar-refractivity contribution in [2.75, 3.05) is 26.3 Å². The fraction of sp³-hybridized carbons (Fsp3) is 0.900. The Bertz CT molecular complexity index is 247. The monoisotopic (exact) mass is 271 g/mol. The molecule has 0 amide bonds. The van der Waals surface area contributed by atoms with Gasteiger partial charge in [-0.1, -0.05) is 12.1 Å². The minimum absolute atomic E-state index is 0.384. The van der Waals surface area contributed by atoms with Crippen LogP contribution in [0, 0.1) is 5.92 Å². The zero-order valence-electron chi connectivity index (χ0n) is 10.3. The van der Waals surface area contributed by atoms with E-state index in [0.717, 1.165) is 6.42 Å². The standard InChI is InChI=1S/C10H20F3N3O2/c1-2-5-18-6-3-4-15-7-8(9(14)16-17)10(11,12)13/h8,15,17H,2-7H2,1H3,(H2,14,16). The Morgan fingerprint density at radius 1 is 1.44 bits per heavy atom. The van der Waals surface area contributed by atoms with Crippen molar-refractivity contribution in [3.63, 3.8) is 0 Å². The number of hydrogen-bond donors (Lipinski definition) is 3. The zero-order chi connectivity index (χ0) is 14.0. The molecule has 0 heterocycles. The van der Waals surface area contributed by atoms with Crippen LogP contribution in [0.25, 0.3) is 0 Å². The summed E-state index contributed by atoms with van der Waals surface area (Å²) in [5.41, 5.74) is 5.00. The van der Waals surface area contributed by atoms with Crippen LogP contribution in [0.2, 0.25) is 0 Å². The van der Waals surface area contributed by atoms with Crippen molar-refractivity contribution in [2.24, 2.45) is 16.8 Å². The fourth-order valence-electron chi connectivity index (χ4n) is 1.25. The molecule has 0 aromatic heterocycles. The lowest BCUT2D eigenvalue weighted by atomic mass is 10.1. The molecular formula is C10H20F3N3O2. The number of nitrogens with two attached hydrogens (primary N) is 1. The lowest BCUT2D eigenvalue weighted by molar-refractivity contribution is -0.154. The maximum absolute atomic E-state index is 12.5. The van der Waals surface area contributed by atoms with Gasteiger partial charge in [0.25, 0.3) is 0 Å². The molecule has 1 unspecified atom stereocenters. The predicted molar refractivity (Wildman–Crippen MR) is 61.6 cm³/mol. The van der Waals surface area contributed by atoms with Crippen LogP contribution in [0.1, 0.15) is 19.8 Å². The normalized spacial score (nSPS) is 14.8. The summed E-state index contributed by atoms with van der Waals surface area (Å²) in [5.74, 6) is -2.81. The second-order valence-electron chi connectivity index (χ2n) is 3.79. The molecule has 0 rings (SSSR count). The minimum atomic E-state index is -4.53. The molecule has 8 heteroatoms. The summed E-state index contributed by atoms with van der Waals surface area (Å²) < 4.78 is 42.7. The molecule has 0 radical (unpaired) electrons. The van der Waals surface area contributed by atoms with E-state index in [2.05, 4.69) is 10.5 Å². The summed E-state index contributed by atoms with van der Waals surface area (Å²) in [6.07, 6.45) is -3.00. The van der Waals surface area contributed by atoms with Gasteiger partial charge in [-0.05, 0) is 19.4 Å². The molecule has 0 aliphatic rings. The molecule has 0 saturated heterocycles. The van der Waals surface area contributed by atoms with E-state index in [1.165, 1.54) is 0 Å². The van der Waals surface area contributed by atoms with Crippen molar-refractivity contribution < 1.29 is 23.1 Å². The van der Waals surface area contributed by atoms with Gasteiger partial charge in [-0.3, -0.25) is 0 Å². The summed E-state index contributed by atoms with van der Waals surface area (Å²) in [6.45, 7) is 3.10. The molecule has 0 bridgehead atoms. The molecule has 0 aliphatic carbocycles. The second kappa shape index (κ2) is 8.98. The number of rotatable bonds is 9. The van der Waals surface area contributed by atoms with Gasteiger partial charge in [-0.15, -0.1) is 0 Å². The van der Waals surface area contributed by atoms with E-state index >= 15 is 0 Å². The first kappa shape index (κ1) is 17.0. The lowest BCUT2D eigenvalue weighted by Crippen LogP contribution is -2.43. The van der Waals surface area contributed by atoms with Crippen molar-refractivity contribution in [1.82, 2.24) is 5.32 Å². The topological polar surface area (TPSA) is 79.9 Å². The van der Waals surface area contributed by atoms with Crippen LogP contribution in [0.15, 0.2) is 5.16 Å². The predicted octanol–water partition coefficient (Wildman–Crippen LogP) is 1.32. The summed E-state index contributed by atoms with van der Waals surface area (Å²) in [4.78, 5) is 0. The van der Waals surface area contributed by atoms with Crippen molar-refractivity contribution in [3.8, 4) is 0 Å². The van der Waals surface area contributed by atoms with E-state index < -0.39 is 24.5 Å². The van der Waals surface area contributed by atoms with Crippen molar-refractivity contribution >= 4 is 5.84 Å². The Labute approximate surface area is 104 Å². The van der Waals surface area contributed by atoms with Gasteiger partial charge in [-0.25, -0.2) is 0 Å². The highest BCUT2D eigenvalue weighted by Crippen LogP contribution is 2.25. The maximum Gasteiger partial charge on any atom is 0.400 e. The molecule has 0 spiro atoms. The highest BCUT2D eigenvalue weighted by atomic mass is 19.4. The van der Waals surface area contributed by atoms with Gasteiger partial charge in [-0.2, -0.15) is 13.2 Å². The number of hydrogen-bond acceptors (Lipinski definition) is 4. The third-order valence-electron chi connectivity index (χ3n) is 2.21. The first-order chi connectivity index (χ1) is 8.43. The van der Waals surface area contributed by atoms with Gasteiger partial charge in [0, 0.05) is 19.8 Å². The van der Waals surface area contributed by atoms with E-state index in [-0.39, 0.29) is 0 Å². The molecule has 4 N–H and O–H groups in total. The van der Waals surface area contributed by atoms with Crippen molar-refractivity contribution in [3.05, 3.63) is 0 Å². The van der Waals surface area contributed by atoms with Crippen LogP contribution in [0.3, 0.4) is 0 Å². The molecule has 0 fully saturated rings. The largest absolute Gasteiger partial charge is 0.409 e. The van der Waals surface area contributed by atoms with Gasteiger partial charge >= 0.3 is 6.18 Å². The Morgan fingerprint density at radius 2 is 2.11 bits per heavy atom. The van der Waals surface area contributed by atoms with E-state index in [1.54, 1.807) is 0 Å². The third kappa shape index (κ3) is 7.33. The molecule has 18 heavy (non-hydrogen) atoms. The number of alkyl halides is 3. The van der Waals surface area contributed by atoms with Gasteiger partial charge in [0.05, 0.1) is 0 Å². The van der Waals surface area contributed by atoms with Crippen LogP contribution >= 0.6 is 0 Å². The molecular weight excluding hydrogens is 251 g/mol. The first-order valence-corrected chi connectivity index (χ1v) is 5.76. The highest BCUT2D eigenvalue weighted by molar-refractivity contribution is 5.83. The van der Waals surface area contributed by atoms with Gasteiger partial charge in [0.15, 0.2) is 5.84 Å². The number of amidine groups is 1. The quantitative estimate of drug-likeness (QED) is 0.194. The Hall–Kier alpha value is -1.02. The number of nitrogens with zero attached hydrogens (tertiary/aromatic N) is 1. The van der Waals surface area contributed by atoms with Crippen molar-refractivity contribution in [1.29, 1.82) is 0 Å². The molecule has 0 aliphatic heterocycles. The number of nitrogens with one attached hydrogen (secondary N) is 1. The summed E-state index contributed by atoms with van der Waals surface area (Å²) in [6, 6.07) is 0. The Morgan fingerprint density at radius 3 is 2.61 bits per heavy atom. The number of halogens is 3. The minimum Gasteiger partial charge on any atom is -0.409 e. The molecule has 0 saturated carbocycles. The summed E-state index contributed by atoms with van der Waals surface area (Å²) in [7, 11) is 0. The Kier molecular flexibility index (Phi) is 8.47. The molecule has 1 atom stereocenters. The van der Waals surface area contributed by atoms with Crippen LogP contribution in [-0.4, -0.2) is 43.5 Å². The lowest BCUT2D eigenvalue weighted by Gasteiger charge is -2.19. The van der Waals surface area contributed by atoms with E-state index in [0.29, 0.717) is 26.2 Å². The van der Waals surface area contributed by atoms with Crippen LogP contribution in [-0.2, 0) is 4.74 Å². The molecule has 108 valence electrons. The number of oxime groups is 1. The number of ether oxygens (including phenoxy) is 1. The Balaban J connectivity index is 3.86. The first-order valence-electron chi connectivity index (χ1n) is 5.76. The fourth-order valence-corrected chi connectivity index (χ4v) is 1.25. The third-order valence-corrected chi connectivity index (χ3v) is 2.21. The van der Waals surface area contributed by atoms with Gasteiger partial charge in [0.2, 0.25) is 0 Å². The smallest absolute Gasteiger partial charge is 0.400 e. The molecule has 0 aromatic rings. The SMILES string of the molecule is CCCOCCCNCC(C(N)=NO)C(F)(F)F. The average molecular weight is 271 g/mol. The van der Waals surface area contributed by atoms with Crippen LogP contribution < -0.4 is 11.1 Å². The van der Waals surface area contributed by atoms with Gasteiger partial charge < -0.3 is 21.0 Å². The van der Waals surface area contributed by atoms with E-state index in [9.17, 15) is 13.2 Å². The van der Waals surface area contributed by atoms with E-state index in [1.807, 2.05) is 6.92 Å². The molecule has 0 aromatic carbocycles. The second-order valence-corrected chi connectivity index (χ2v) is 3.79. The maximum atomic E-state index is 12.5. The van der Waals surface area contributed by atoms with Gasteiger partial charge in [0.1, 0.15) is 5.92 Å². The van der Waals surface area contributed by atoms with Crippen LogP contribution in [0.5, 0.6) is 0 Å².